The number of rotatable bonds is 7. The molecule has 0 radical (unpaired) electrons. The summed E-state index contributed by atoms with van der Waals surface area (Å²) in [4.78, 5) is 12.4. The molecule has 1 saturated heterocycles. The lowest BCUT2D eigenvalue weighted by Crippen LogP contribution is -2.33. The molecule has 1 aromatic heterocycles. The van der Waals surface area contributed by atoms with Gasteiger partial charge in [0, 0.05) is 24.2 Å². The number of aromatic nitrogens is 2. The van der Waals surface area contributed by atoms with Gasteiger partial charge in [-0.2, -0.15) is 5.10 Å². The average molecular weight is 369 g/mol. The standard InChI is InChI=1S/C22H32N4O/c1-16(20-9-11-23-12-10-20)13-22(27)24-14-21-17(2)25-26(18(21)3)15-19-7-5-4-6-8-19/h4-8,16,20,23H,9-15H2,1-3H3,(H,24,27). The summed E-state index contributed by atoms with van der Waals surface area (Å²) in [5.74, 6) is 1.25. The highest BCUT2D eigenvalue weighted by atomic mass is 16.1. The molecule has 1 atom stereocenters. The van der Waals surface area contributed by atoms with Crippen LogP contribution >= 0.6 is 0 Å². The highest BCUT2D eigenvalue weighted by molar-refractivity contribution is 5.76. The van der Waals surface area contributed by atoms with Crippen LogP contribution in [0, 0.1) is 25.7 Å². The van der Waals surface area contributed by atoms with Crippen LogP contribution in [0.1, 0.15) is 48.7 Å². The lowest BCUT2D eigenvalue weighted by atomic mass is 9.84. The van der Waals surface area contributed by atoms with Crippen molar-refractivity contribution in [2.75, 3.05) is 13.1 Å². The fourth-order valence-corrected chi connectivity index (χ4v) is 4.03. The van der Waals surface area contributed by atoms with Crippen molar-refractivity contribution in [2.45, 2.75) is 53.1 Å². The van der Waals surface area contributed by atoms with E-state index in [1.54, 1.807) is 0 Å². The van der Waals surface area contributed by atoms with Crippen LogP contribution in [0.4, 0.5) is 0 Å². The molecule has 5 heteroatoms. The Bertz CT molecular complexity index is 747. The Kier molecular flexibility index (Phi) is 6.67. The molecule has 1 unspecified atom stereocenters. The third kappa shape index (κ3) is 5.19. The lowest BCUT2D eigenvalue weighted by molar-refractivity contribution is -0.122. The molecule has 1 fully saturated rings. The maximum Gasteiger partial charge on any atom is 0.220 e. The van der Waals surface area contributed by atoms with Gasteiger partial charge in [0.25, 0.3) is 0 Å². The number of nitrogens with zero attached hydrogens (tertiary/aromatic N) is 2. The van der Waals surface area contributed by atoms with Gasteiger partial charge in [-0.05, 0) is 57.2 Å². The number of piperidine rings is 1. The van der Waals surface area contributed by atoms with Crippen molar-refractivity contribution >= 4 is 5.91 Å². The van der Waals surface area contributed by atoms with E-state index in [2.05, 4.69) is 41.7 Å². The maximum absolute atomic E-state index is 12.4. The van der Waals surface area contributed by atoms with E-state index in [1.165, 1.54) is 18.4 Å². The molecule has 0 bridgehead atoms. The van der Waals surface area contributed by atoms with Crippen LogP contribution in [-0.4, -0.2) is 28.8 Å². The highest BCUT2D eigenvalue weighted by Gasteiger charge is 2.22. The third-order valence-electron chi connectivity index (χ3n) is 5.86. The number of benzene rings is 1. The first-order valence-electron chi connectivity index (χ1n) is 10.1. The van der Waals surface area contributed by atoms with Crippen LogP contribution in [0.5, 0.6) is 0 Å². The van der Waals surface area contributed by atoms with Crippen LogP contribution < -0.4 is 10.6 Å². The minimum atomic E-state index is 0.149. The number of hydrogen-bond donors (Lipinski definition) is 2. The Morgan fingerprint density at radius 3 is 2.67 bits per heavy atom. The SMILES string of the molecule is Cc1nn(Cc2ccccc2)c(C)c1CNC(=O)CC(C)C1CCNCC1. The van der Waals surface area contributed by atoms with Gasteiger partial charge in [0.15, 0.2) is 0 Å². The molecule has 27 heavy (non-hydrogen) atoms. The van der Waals surface area contributed by atoms with Gasteiger partial charge in [0.1, 0.15) is 0 Å². The van der Waals surface area contributed by atoms with Crippen LogP contribution in [0.25, 0.3) is 0 Å². The Labute approximate surface area is 162 Å². The molecule has 0 aliphatic carbocycles. The summed E-state index contributed by atoms with van der Waals surface area (Å²) in [6.45, 7) is 9.79. The van der Waals surface area contributed by atoms with E-state index in [0.29, 0.717) is 24.8 Å². The number of amides is 1. The lowest BCUT2D eigenvalue weighted by Gasteiger charge is -2.27. The summed E-state index contributed by atoms with van der Waals surface area (Å²) in [5, 5.41) is 11.2. The van der Waals surface area contributed by atoms with E-state index in [-0.39, 0.29) is 5.91 Å². The number of aryl methyl sites for hydroxylation is 1. The van der Waals surface area contributed by atoms with Gasteiger partial charge in [-0.15, -0.1) is 0 Å². The second-order valence-electron chi connectivity index (χ2n) is 7.84. The van der Waals surface area contributed by atoms with Crippen LogP contribution in [0.15, 0.2) is 30.3 Å². The van der Waals surface area contributed by atoms with Gasteiger partial charge < -0.3 is 10.6 Å². The van der Waals surface area contributed by atoms with Crippen LogP contribution in [-0.2, 0) is 17.9 Å². The topological polar surface area (TPSA) is 59.0 Å². The van der Waals surface area contributed by atoms with Crippen molar-refractivity contribution in [3.8, 4) is 0 Å². The largest absolute Gasteiger partial charge is 0.352 e. The van der Waals surface area contributed by atoms with Gasteiger partial charge in [-0.1, -0.05) is 37.3 Å². The smallest absolute Gasteiger partial charge is 0.220 e. The third-order valence-corrected chi connectivity index (χ3v) is 5.86. The number of hydrogen-bond acceptors (Lipinski definition) is 3. The molecule has 3 rings (SSSR count). The van der Waals surface area contributed by atoms with Crippen molar-refractivity contribution in [3.63, 3.8) is 0 Å². The molecule has 2 aromatic rings. The first kappa shape index (κ1) is 19.6. The number of carbonyl (C=O) groups is 1. The predicted octanol–water partition coefficient (Wildman–Crippen LogP) is 3.19. The van der Waals surface area contributed by atoms with E-state index in [4.69, 9.17) is 0 Å². The molecule has 0 spiro atoms. The normalized spacial score (nSPS) is 16.3. The molecular formula is C22H32N4O. The van der Waals surface area contributed by atoms with Crippen molar-refractivity contribution < 1.29 is 4.79 Å². The zero-order valence-electron chi connectivity index (χ0n) is 16.8. The monoisotopic (exact) mass is 368 g/mol. The minimum Gasteiger partial charge on any atom is -0.352 e. The molecular weight excluding hydrogens is 336 g/mol. The summed E-state index contributed by atoms with van der Waals surface area (Å²) in [7, 11) is 0. The first-order chi connectivity index (χ1) is 13.0. The van der Waals surface area contributed by atoms with E-state index >= 15 is 0 Å². The van der Waals surface area contributed by atoms with Gasteiger partial charge in [-0.3, -0.25) is 9.48 Å². The molecule has 1 aliphatic rings. The highest BCUT2D eigenvalue weighted by Crippen LogP contribution is 2.24. The molecule has 0 saturated carbocycles. The van der Waals surface area contributed by atoms with Crippen LogP contribution in [0.2, 0.25) is 0 Å². The summed E-state index contributed by atoms with van der Waals surface area (Å²) in [6, 6.07) is 10.3. The summed E-state index contributed by atoms with van der Waals surface area (Å²) >= 11 is 0. The van der Waals surface area contributed by atoms with Crippen molar-refractivity contribution in [1.82, 2.24) is 20.4 Å². The number of nitrogens with one attached hydrogen (secondary N) is 2. The van der Waals surface area contributed by atoms with E-state index in [9.17, 15) is 4.79 Å². The summed E-state index contributed by atoms with van der Waals surface area (Å²) in [5.41, 5.74) is 4.49. The molecule has 2 heterocycles. The summed E-state index contributed by atoms with van der Waals surface area (Å²) in [6.07, 6.45) is 2.97. The zero-order chi connectivity index (χ0) is 19.2. The van der Waals surface area contributed by atoms with Gasteiger partial charge >= 0.3 is 0 Å². The molecule has 1 amide bonds. The molecule has 1 aromatic carbocycles. The fourth-order valence-electron chi connectivity index (χ4n) is 4.03. The predicted molar refractivity (Wildman–Crippen MR) is 108 cm³/mol. The van der Waals surface area contributed by atoms with Gasteiger partial charge in [-0.25, -0.2) is 0 Å². The average Bonchev–Trinajstić information content (AvgIpc) is 2.94. The van der Waals surface area contributed by atoms with Crippen molar-refractivity contribution in [1.29, 1.82) is 0 Å². The molecule has 5 nitrogen and oxygen atoms in total. The molecule has 2 N–H and O–H groups in total. The molecule has 1 aliphatic heterocycles. The Balaban J connectivity index is 1.55. The second-order valence-corrected chi connectivity index (χ2v) is 7.84. The van der Waals surface area contributed by atoms with Crippen LogP contribution in [0.3, 0.4) is 0 Å². The van der Waals surface area contributed by atoms with E-state index < -0.39 is 0 Å². The van der Waals surface area contributed by atoms with E-state index in [0.717, 1.165) is 36.6 Å². The fraction of sp³-hybridized carbons (Fsp3) is 0.545. The summed E-state index contributed by atoms with van der Waals surface area (Å²) < 4.78 is 2.03. The second kappa shape index (κ2) is 9.18. The van der Waals surface area contributed by atoms with E-state index in [1.807, 2.05) is 29.8 Å². The van der Waals surface area contributed by atoms with Crippen molar-refractivity contribution in [3.05, 3.63) is 52.8 Å². The van der Waals surface area contributed by atoms with Crippen molar-refractivity contribution in [2.24, 2.45) is 11.8 Å². The van der Waals surface area contributed by atoms with Gasteiger partial charge in [0.05, 0.1) is 12.2 Å². The van der Waals surface area contributed by atoms with Gasteiger partial charge in [0.2, 0.25) is 5.91 Å². The molecule has 146 valence electrons. The first-order valence-corrected chi connectivity index (χ1v) is 10.1. The number of carbonyl (C=O) groups excluding carboxylic acids is 1. The zero-order valence-corrected chi connectivity index (χ0v) is 16.8. The maximum atomic E-state index is 12.4. The Morgan fingerprint density at radius 2 is 1.96 bits per heavy atom. The quantitative estimate of drug-likeness (QED) is 0.789. The minimum absolute atomic E-state index is 0.149. The Morgan fingerprint density at radius 1 is 1.26 bits per heavy atom. The Hall–Kier alpha value is -2.14.